The van der Waals surface area contributed by atoms with Crippen LogP contribution in [0.3, 0.4) is 0 Å². The van der Waals surface area contributed by atoms with Crippen molar-refractivity contribution in [3.05, 3.63) is 24.3 Å². The van der Waals surface area contributed by atoms with Crippen molar-refractivity contribution >= 4 is 18.0 Å². The zero-order valence-electron chi connectivity index (χ0n) is 12.6. The Bertz CT molecular complexity index is 427. The Morgan fingerprint density at radius 3 is 2.43 bits per heavy atom. The van der Waals surface area contributed by atoms with Crippen molar-refractivity contribution in [3.63, 3.8) is 0 Å². The summed E-state index contributed by atoms with van der Waals surface area (Å²) in [6.07, 6.45) is 2.83. The SMILES string of the molecule is C=CCCN(CC(=O)O)C(=O)C(C=C(C)C)NC(=O)OC. The first kappa shape index (κ1) is 18.7. The molecule has 0 rings (SSSR count). The van der Waals surface area contributed by atoms with E-state index in [9.17, 15) is 14.4 Å². The summed E-state index contributed by atoms with van der Waals surface area (Å²) >= 11 is 0. The first-order valence-electron chi connectivity index (χ1n) is 6.42. The van der Waals surface area contributed by atoms with Crippen molar-refractivity contribution in [2.75, 3.05) is 20.2 Å². The van der Waals surface area contributed by atoms with Gasteiger partial charge in [-0.2, -0.15) is 0 Å². The van der Waals surface area contributed by atoms with Crippen molar-refractivity contribution < 1.29 is 24.2 Å². The molecule has 1 unspecified atom stereocenters. The molecule has 0 heterocycles. The molecule has 0 fully saturated rings. The number of carbonyl (C=O) groups is 3. The molecule has 7 nitrogen and oxygen atoms in total. The lowest BCUT2D eigenvalue weighted by Crippen LogP contribution is -2.49. The maximum atomic E-state index is 12.4. The van der Waals surface area contributed by atoms with Crippen LogP contribution in [0, 0.1) is 0 Å². The number of nitrogens with one attached hydrogen (secondary N) is 1. The number of nitrogens with zero attached hydrogens (tertiary/aromatic N) is 1. The maximum Gasteiger partial charge on any atom is 0.407 e. The Morgan fingerprint density at radius 2 is 2.00 bits per heavy atom. The minimum absolute atomic E-state index is 0.213. The van der Waals surface area contributed by atoms with Gasteiger partial charge in [-0.25, -0.2) is 4.79 Å². The highest BCUT2D eigenvalue weighted by Gasteiger charge is 2.25. The van der Waals surface area contributed by atoms with Gasteiger partial charge in [-0.05, 0) is 20.3 Å². The van der Waals surface area contributed by atoms with Crippen LogP contribution in [0.15, 0.2) is 24.3 Å². The molecule has 2 amide bonds. The molecule has 0 radical (unpaired) electrons. The van der Waals surface area contributed by atoms with Crippen LogP contribution >= 0.6 is 0 Å². The van der Waals surface area contributed by atoms with E-state index in [0.29, 0.717) is 6.42 Å². The Kier molecular flexibility index (Phi) is 8.52. The Hall–Kier alpha value is -2.31. The third-order valence-electron chi connectivity index (χ3n) is 2.47. The average Bonchev–Trinajstić information content (AvgIpc) is 2.40. The number of rotatable bonds is 8. The minimum atomic E-state index is -1.12. The van der Waals surface area contributed by atoms with Crippen LogP contribution in [-0.2, 0) is 14.3 Å². The van der Waals surface area contributed by atoms with Gasteiger partial charge in [0, 0.05) is 6.54 Å². The Labute approximate surface area is 124 Å². The lowest BCUT2D eigenvalue weighted by molar-refractivity contribution is -0.144. The standard InChI is InChI=1S/C14H22N2O5/c1-5-6-7-16(9-12(17)18)13(19)11(8-10(2)3)15-14(20)21-4/h5,8,11H,1,6-7,9H2,2-4H3,(H,15,20)(H,17,18). The fourth-order valence-corrected chi connectivity index (χ4v) is 1.57. The predicted molar refractivity (Wildman–Crippen MR) is 77.8 cm³/mol. The van der Waals surface area contributed by atoms with Crippen LogP contribution in [0.2, 0.25) is 0 Å². The van der Waals surface area contributed by atoms with E-state index in [2.05, 4.69) is 16.6 Å². The summed E-state index contributed by atoms with van der Waals surface area (Å²) in [5.74, 6) is -1.63. The molecule has 21 heavy (non-hydrogen) atoms. The number of aliphatic carboxylic acids is 1. The number of carboxylic acid groups (broad SMARTS) is 1. The number of methoxy groups -OCH3 is 1. The van der Waals surface area contributed by atoms with Crippen molar-refractivity contribution in [1.82, 2.24) is 10.2 Å². The molecule has 0 spiro atoms. The van der Waals surface area contributed by atoms with Gasteiger partial charge in [0.2, 0.25) is 5.91 Å². The second-order valence-corrected chi connectivity index (χ2v) is 4.59. The van der Waals surface area contributed by atoms with E-state index in [0.717, 1.165) is 10.5 Å². The van der Waals surface area contributed by atoms with Gasteiger partial charge in [-0.1, -0.05) is 17.7 Å². The van der Waals surface area contributed by atoms with Crippen LogP contribution in [0.1, 0.15) is 20.3 Å². The van der Waals surface area contributed by atoms with E-state index in [1.165, 1.54) is 7.11 Å². The van der Waals surface area contributed by atoms with Gasteiger partial charge < -0.3 is 20.1 Å². The van der Waals surface area contributed by atoms with Gasteiger partial charge in [0.15, 0.2) is 0 Å². The first-order chi connectivity index (χ1) is 9.81. The second-order valence-electron chi connectivity index (χ2n) is 4.59. The molecule has 7 heteroatoms. The minimum Gasteiger partial charge on any atom is -0.480 e. The molecule has 0 saturated carbocycles. The monoisotopic (exact) mass is 298 g/mol. The molecule has 0 aliphatic rings. The van der Waals surface area contributed by atoms with E-state index in [1.807, 2.05) is 0 Å². The zero-order chi connectivity index (χ0) is 16.4. The lowest BCUT2D eigenvalue weighted by Gasteiger charge is -2.24. The van der Waals surface area contributed by atoms with Gasteiger partial charge in [0.05, 0.1) is 7.11 Å². The van der Waals surface area contributed by atoms with Crippen LogP contribution in [0.25, 0.3) is 0 Å². The van der Waals surface area contributed by atoms with Crippen molar-refractivity contribution in [2.45, 2.75) is 26.3 Å². The number of ether oxygens (including phenoxy) is 1. The first-order valence-corrected chi connectivity index (χ1v) is 6.42. The van der Waals surface area contributed by atoms with Crippen molar-refractivity contribution in [2.24, 2.45) is 0 Å². The van der Waals surface area contributed by atoms with E-state index < -0.39 is 30.6 Å². The molecule has 118 valence electrons. The average molecular weight is 298 g/mol. The van der Waals surface area contributed by atoms with Gasteiger partial charge in [0.1, 0.15) is 12.6 Å². The third kappa shape index (κ3) is 7.76. The summed E-state index contributed by atoms with van der Waals surface area (Å²) in [5, 5.41) is 11.3. The van der Waals surface area contributed by atoms with Crippen LogP contribution in [0.4, 0.5) is 4.79 Å². The smallest absolute Gasteiger partial charge is 0.407 e. The summed E-state index contributed by atoms with van der Waals surface area (Å²) in [6, 6.07) is -0.966. The maximum absolute atomic E-state index is 12.4. The zero-order valence-corrected chi connectivity index (χ0v) is 12.6. The number of amides is 2. The highest BCUT2D eigenvalue weighted by atomic mass is 16.5. The second kappa shape index (κ2) is 9.57. The Balaban J connectivity index is 5.15. The largest absolute Gasteiger partial charge is 0.480 e. The Morgan fingerprint density at radius 1 is 1.38 bits per heavy atom. The number of hydrogen-bond donors (Lipinski definition) is 2. The molecule has 0 aliphatic carbocycles. The van der Waals surface area contributed by atoms with E-state index >= 15 is 0 Å². The summed E-state index contributed by atoms with van der Waals surface area (Å²) in [7, 11) is 1.19. The predicted octanol–water partition coefficient (Wildman–Crippen LogP) is 1.17. The number of allylic oxidation sites excluding steroid dienone is 1. The number of hydrogen-bond acceptors (Lipinski definition) is 4. The molecule has 0 aromatic carbocycles. The summed E-state index contributed by atoms with van der Waals surface area (Å²) in [5.41, 5.74) is 0.809. The van der Waals surface area contributed by atoms with Gasteiger partial charge in [0.25, 0.3) is 0 Å². The fraction of sp³-hybridized carbons (Fsp3) is 0.500. The van der Waals surface area contributed by atoms with Gasteiger partial charge in [-0.3, -0.25) is 9.59 Å². The highest BCUT2D eigenvalue weighted by molar-refractivity contribution is 5.89. The summed E-state index contributed by atoms with van der Waals surface area (Å²) < 4.78 is 4.47. The lowest BCUT2D eigenvalue weighted by atomic mass is 10.1. The van der Waals surface area contributed by atoms with Crippen LogP contribution in [-0.4, -0.2) is 54.2 Å². The van der Waals surface area contributed by atoms with Crippen LogP contribution < -0.4 is 5.32 Å². The van der Waals surface area contributed by atoms with E-state index in [1.54, 1.807) is 26.0 Å². The van der Waals surface area contributed by atoms with E-state index in [4.69, 9.17) is 5.11 Å². The van der Waals surface area contributed by atoms with Gasteiger partial charge in [-0.15, -0.1) is 6.58 Å². The van der Waals surface area contributed by atoms with Crippen molar-refractivity contribution in [1.29, 1.82) is 0 Å². The molecular weight excluding hydrogens is 276 g/mol. The molecule has 2 N–H and O–H groups in total. The highest BCUT2D eigenvalue weighted by Crippen LogP contribution is 2.03. The number of carbonyl (C=O) groups excluding carboxylic acids is 2. The number of carboxylic acids is 1. The molecular formula is C14H22N2O5. The van der Waals surface area contributed by atoms with Crippen molar-refractivity contribution in [3.8, 4) is 0 Å². The third-order valence-corrected chi connectivity index (χ3v) is 2.47. The van der Waals surface area contributed by atoms with Crippen LogP contribution in [0.5, 0.6) is 0 Å². The van der Waals surface area contributed by atoms with Gasteiger partial charge >= 0.3 is 12.1 Å². The normalized spacial score (nSPS) is 11.0. The molecule has 1 atom stereocenters. The fourth-order valence-electron chi connectivity index (χ4n) is 1.57. The molecule has 0 aromatic heterocycles. The summed E-state index contributed by atoms with van der Waals surface area (Å²) in [4.78, 5) is 35.7. The molecule has 0 bridgehead atoms. The molecule has 0 saturated heterocycles. The quantitative estimate of drug-likeness (QED) is 0.656. The molecule has 0 aliphatic heterocycles. The number of alkyl carbamates (subject to hydrolysis) is 1. The topological polar surface area (TPSA) is 95.9 Å². The summed E-state index contributed by atoms with van der Waals surface area (Å²) in [6.45, 7) is 6.85. The van der Waals surface area contributed by atoms with E-state index in [-0.39, 0.29) is 6.54 Å². The molecule has 0 aromatic rings.